The van der Waals surface area contributed by atoms with E-state index in [4.69, 9.17) is 0 Å². The summed E-state index contributed by atoms with van der Waals surface area (Å²) in [5.74, 6) is -0.320. The van der Waals surface area contributed by atoms with Crippen molar-refractivity contribution >= 4 is 5.91 Å². The van der Waals surface area contributed by atoms with Crippen LogP contribution in [0.25, 0.3) is 0 Å². The topological polar surface area (TPSA) is 24.8 Å². The van der Waals surface area contributed by atoms with Gasteiger partial charge in [0.2, 0.25) is 0 Å². The Kier molecular flexibility index (Phi) is 4.10. The van der Waals surface area contributed by atoms with E-state index in [1.165, 1.54) is 17.0 Å². The number of quaternary nitrogens is 1. The summed E-state index contributed by atoms with van der Waals surface area (Å²) in [5.41, 5.74) is 0.559. The first-order valence-electron chi connectivity index (χ1n) is 6.20. The third kappa shape index (κ3) is 2.96. The summed E-state index contributed by atoms with van der Waals surface area (Å²) in [6.07, 6.45) is 1.91. The fourth-order valence-corrected chi connectivity index (χ4v) is 2.21. The number of nitrogens with one attached hydrogen (secondary N) is 1. The Bertz CT molecular complexity index is 422. The number of carbonyl (C=O) groups excluding carboxylic acids is 1. The third-order valence-electron chi connectivity index (χ3n) is 3.28. The normalized spacial score (nSPS) is 16.6. The standard InChI is InChI=1S/C14H17FN2O/c1-2-7-16-8-10-17(11-9-16)14(18)12-3-5-13(15)6-4-12/h2-6H,1,7-11H2/p+1. The highest BCUT2D eigenvalue weighted by molar-refractivity contribution is 5.94. The lowest BCUT2D eigenvalue weighted by Crippen LogP contribution is -3.14. The van der Waals surface area contributed by atoms with E-state index in [9.17, 15) is 9.18 Å². The molecule has 18 heavy (non-hydrogen) atoms. The number of nitrogens with zero attached hydrogens (tertiary/aromatic N) is 1. The number of carbonyl (C=O) groups is 1. The Labute approximate surface area is 107 Å². The lowest BCUT2D eigenvalue weighted by molar-refractivity contribution is -0.898. The predicted octanol–water partition coefficient (Wildman–Crippen LogP) is 0.352. The molecule has 1 aliphatic heterocycles. The fourth-order valence-electron chi connectivity index (χ4n) is 2.21. The van der Waals surface area contributed by atoms with Gasteiger partial charge in [0.15, 0.2) is 0 Å². The highest BCUT2D eigenvalue weighted by Gasteiger charge is 2.23. The SMILES string of the molecule is C=CC[NH+]1CCN(C(=O)c2ccc(F)cc2)CC1. The molecular weight excluding hydrogens is 231 g/mol. The number of amides is 1. The van der Waals surface area contributed by atoms with E-state index in [1.54, 1.807) is 12.1 Å². The zero-order valence-corrected chi connectivity index (χ0v) is 10.4. The maximum absolute atomic E-state index is 12.8. The van der Waals surface area contributed by atoms with Crippen LogP contribution in [0.2, 0.25) is 0 Å². The Balaban J connectivity index is 1.95. The second-order valence-electron chi connectivity index (χ2n) is 4.54. The lowest BCUT2D eigenvalue weighted by atomic mass is 10.2. The highest BCUT2D eigenvalue weighted by Crippen LogP contribution is 2.07. The Hall–Kier alpha value is -1.68. The molecule has 0 saturated carbocycles. The average Bonchev–Trinajstić information content (AvgIpc) is 2.40. The van der Waals surface area contributed by atoms with Gasteiger partial charge in [-0.15, -0.1) is 0 Å². The van der Waals surface area contributed by atoms with E-state index in [-0.39, 0.29) is 11.7 Å². The first kappa shape index (κ1) is 12.8. The van der Waals surface area contributed by atoms with Crippen LogP contribution in [0.1, 0.15) is 10.4 Å². The van der Waals surface area contributed by atoms with Gasteiger partial charge in [0.05, 0.1) is 32.7 Å². The molecule has 0 aliphatic carbocycles. The Morgan fingerprint density at radius 1 is 1.33 bits per heavy atom. The van der Waals surface area contributed by atoms with Crippen LogP contribution < -0.4 is 4.90 Å². The van der Waals surface area contributed by atoms with Gasteiger partial charge in [0, 0.05) is 5.56 Å². The smallest absolute Gasteiger partial charge is 0.254 e. The molecule has 96 valence electrons. The molecule has 4 heteroatoms. The van der Waals surface area contributed by atoms with Crippen LogP contribution in [0, 0.1) is 5.82 Å². The first-order valence-corrected chi connectivity index (χ1v) is 6.20. The first-order chi connectivity index (χ1) is 8.70. The van der Waals surface area contributed by atoms with Gasteiger partial charge in [-0.25, -0.2) is 4.39 Å². The number of piperazine rings is 1. The zero-order chi connectivity index (χ0) is 13.0. The zero-order valence-electron chi connectivity index (χ0n) is 10.4. The molecule has 2 rings (SSSR count). The average molecular weight is 249 g/mol. The van der Waals surface area contributed by atoms with E-state index in [0.29, 0.717) is 5.56 Å². The molecule has 1 aromatic rings. The van der Waals surface area contributed by atoms with Crippen LogP contribution in [0.5, 0.6) is 0 Å². The van der Waals surface area contributed by atoms with Crippen LogP contribution >= 0.6 is 0 Å². The van der Waals surface area contributed by atoms with Gasteiger partial charge in [-0.05, 0) is 30.3 Å². The van der Waals surface area contributed by atoms with E-state index in [0.717, 1.165) is 32.7 Å². The second kappa shape index (κ2) is 5.78. The van der Waals surface area contributed by atoms with Crippen molar-refractivity contribution in [1.82, 2.24) is 4.90 Å². The van der Waals surface area contributed by atoms with Gasteiger partial charge in [-0.3, -0.25) is 4.79 Å². The van der Waals surface area contributed by atoms with Crippen molar-refractivity contribution in [2.45, 2.75) is 0 Å². The predicted molar refractivity (Wildman–Crippen MR) is 68.1 cm³/mol. The fraction of sp³-hybridized carbons (Fsp3) is 0.357. The van der Waals surface area contributed by atoms with Gasteiger partial charge in [0.25, 0.3) is 5.91 Å². The Morgan fingerprint density at radius 2 is 1.94 bits per heavy atom. The van der Waals surface area contributed by atoms with E-state index in [2.05, 4.69) is 6.58 Å². The van der Waals surface area contributed by atoms with Gasteiger partial charge in [0.1, 0.15) is 5.82 Å². The minimum absolute atomic E-state index is 0.00680. The molecule has 1 saturated heterocycles. The molecule has 1 aliphatic rings. The molecule has 1 fully saturated rings. The van der Waals surface area contributed by atoms with Gasteiger partial charge in [-0.2, -0.15) is 0 Å². The second-order valence-corrected chi connectivity index (χ2v) is 4.54. The van der Waals surface area contributed by atoms with Crippen LogP contribution in [-0.2, 0) is 0 Å². The molecule has 1 aromatic carbocycles. The molecule has 0 bridgehead atoms. The summed E-state index contributed by atoms with van der Waals surface area (Å²) in [4.78, 5) is 15.4. The molecule has 0 aromatic heterocycles. The van der Waals surface area contributed by atoms with Crippen molar-refractivity contribution in [3.63, 3.8) is 0 Å². The summed E-state index contributed by atoms with van der Waals surface area (Å²) in [6, 6.07) is 5.74. The number of hydrogen-bond donors (Lipinski definition) is 1. The summed E-state index contributed by atoms with van der Waals surface area (Å²) in [6.45, 7) is 8.06. The molecule has 1 N–H and O–H groups in total. The summed E-state index contributed by atoms with van der Waals surface area (Å²) < 4.78 is 12.8. The van der Waals surface area contributed by atoms with Crippen molar-refractivity contribution < 1.29 is 14.1 Å². The minimum Gasteiger partial charge on any atom is -0.329 e. The van der Waals surface area contributed by atoms with E-state index >= 15 is 0 Å². The lowest BCUT2D eigenvalue weighted by Gasteiger charge is -2.31. The molecule has 1 amide bonds. The van der Waals surface area contributed by atoms with Crippen LogP contribution in [0.3, 0.4) is 0 Å². The number of rotatable bonds is 3. The van der Waals surface area contributed by atoms with Gasteiger partial charge in [-0.1, -0.05) is 6.58 Å². The summed E-state index contributed by atoms with van der Waals surface area (Å²) >= 11 is 0. The minimum atomic E-state index is -0.313. The van der Waals surface area contributed by atoms with E-state index < -0.39 is 0 Å². The van der Waals surface area contributed by atoms with Crippen molar-refractivity contribution in [1.29, 1.82) is 0 Å². The van der Waals surface area contributed by atoms with Gasteiger partial charge < -0.3 is 9.80 Å². The molecule has 0 spiro atoms. The third-order valence-corrected chi connectivity index (χ3v) is 3.28. The number of benzene rings is 1. The van der Waals surface area contributed by atoms with Crippen molar-refractivity contribution in [3.8, 4) is 0 Å². The van der Waals surface area contributed by atoms with E-state index in [1.807, 2.05) is 11.0 Å². The number of hydrogen-bond acceptors (Lipinski definition) is 1. The van der Waals surface area contributed by atoms with Crippen LogP contribution in [0.4, 0.5) is 4.39 Å². The molecule has 1 heterocycles. The van der Waals surface area contributed by atoms with Crippen molar-refractivity contribution in [2.24, 2.45) is 0 Å². The maximum atomic E-state index is 12.8. The molecule has 0 unspecified atom stereocenters. The monoisotopic (exact) mass is 249 g/mol. The number of halogens is 1. The molecule has 3 nitrogen and oxygen atoms in total. The molecular formula is C14H18FN2O+. The Morgan fingerprint density at radius 3 is 2.50 bits per heavy atom. The van der Waals surface area contributed by atoms with Gasteiger partial charge >= 0.3 is 0 Å². The molecule has 0 atom stereocenters. The van der Waals surface area contributed by atoms with Crippen molar-refractivity contribution in [3.05, 3.63) is 48.3 Å². The maximum Gasteiger partial charge on any atom is 0.254 e. The van der Waals surface area contributed by atoms with Crippen LogP contribution in [-0.4, -0.2) is 43.5 Å². The molecule has 0 radical (unpaired) electrons. The van der Waals surface area contributed by atoms with Crippen LogP contribution in [0.15, 0.2) is 36.9 Å². The quantitative estimate of drug-likeness (QED) is 0.768. The van der Waals surface area contributed by atoms with Crippen molar-refractivity contribution in [2.75, 3.05) is 32.7 Å². The largest absolute Gasteiger partial charge is 0.329 e. The summed E-state index contributed by atoms with van der Waals surface area (Å²) in [7, 11) is 0. The summed E-state index contributed by atoms with van der Waals surface area (Å²) in [5, 5.41) is 0. The highest BCUT2D eigenvalue weighted by atomic mass is 19.1.